The van der Waals surface area contributed by atoms with Gasteiger partial charge in [0.2, 0.25) is 0 Å². The van der Waals surface area contributed by atoms with Gasteiger partial charge in [-0.1, -0.05) is 23.7 Å². The van der Waals surface area contributed by atoms with Crippen LogP contribution in [0.15, 0.2) is 29.3 Å². The second kappa shape index (κ2) is 8.13. The first-order valence-electron chi connectivity index (χ1n) is 10.3. The molecule has 8 heteroatoms. The summed E-state index contributed by atoms with van der Waals surface area (Å²) in [6, 6.07) is 7.29. The van der Waals surface area contributed by atoms with Gasteiger partial charge in [-0.15, -0.1) is 21.5 Å². The molecule has 2 atom stereocenters. The lowest BCUT2D eigenvalue weighted by Gasteiger charge is -2.25. The normalized spacial score (nSPS) is 17.0. The number of thiophene rings is 1. The number of hydrogen-bond donors (Lipinski definition) is 1. The molecule has 0 spiro atoms. The molecule has 0 radical (unpaired) electrons. The zero-order valence-electron chi connectivity index (χ0n) is 18.6. The highest BCUT2D eigenvalue weighted by atomic mass is 35.5. The Morgan fingerprint density at radius 3 is 2.48 bits per heavy atom. The van der Waals surface area contributed by atoms with E-state index in [1.807, 2.05) is 52.0 Å². The summed E-state index contributed by atoms with van der Waals surface area (Å²) < 4.78 is 7.85. The number of aromatic nitrogens is 3. The fourth-order valence-electron chi connectivity index (χ4n) is 3.80. The molecule has 3 aromatic rings. The smallest absolute Gasteiger partial charge is 0.163 e. The van der Waals surface area contributed by atoms with Crippen LogP contribution in [0, 0.1) is 20.8 Å². The molecule has 0 fully saturated rings. The molecule has 0 bridgehead atoms. The Labute approximate surface area is 191 Å². The van der Waals surface area contributed by atoms with E-state index in [1.165, 1.54) is 10.4 Å². The predicted octanol–water partition coefficient (Wildman–Crippen LogP) is 5.32. The number of fused-ring (bicyclic) bond motifs is 3. The highest BCUT2D eigenvalue weighted by Crippen LogP contribution is 2.40. The van der Waals surface area contributed by atoms with E-state index in [2.05, 4.69) is 28.6 Å². The van der Waals surface area contributed by atoms with Crippen LogP contribution in [0.5, 0.6) is 0 Å². The Bertz CT molecular complexity index is 1140. The van der Waals surface area contributed by atoms with E-state index >= 15 is 0 Å². The summed E-state index contributed by atoms with van der Waals surface area (Å²) in [5, 5.41) is 21.2. The molecule has 1 unspecified atom stereocenters. The van der Waals surface area contributed by atoms with E-state index in [0.29, 0.717) is 10.8 Å². The Balaban J connectivity index is 1.90. The van der Waals surface area contributed by atoms with Crippen molar-refractivity contribution < 1.29 is 9.84 Å². The first-order chi connectivity index (χ1) is 14.5. The molecule has 1 aliphatic heterocycles. The summed E-state index contributed by atoms with van der Waals surface area (Å²) in [6.07, 6.45) is -0.705. The van der Waals surface area contributed by atoms with Crippen LogP contribution in [0.1, 0.15) is 66.5 Å². The number of nitrogens with zero attached hydrogens (tertiary/aromatic N) is 4. The van der Waals surface area contributed by atoms with Gasteiger partial charge >= 0.3 is 0 Å². The van der Waals surface area contributed by atoms with Crippen LogP contribution in [0.4, 0.5) is 0 Å². The maximum absolute atomic E-state index is 10.7. The lowest BCUT2D eigenvalue weighted by molar-refractivity contribution is -0.170. The van der Waals surface area contributed by atoms with Crippen molar-refractivity contribution in [1.29, 1.82) is 0 Å². The average molecular weight is 459 g/mol. The highest BCUT2D eigenvalue weighted by molar-refractivity contribution is 7.15. The Hall–Kier alpha value is -2.06. The fourth-order valence-corrected chi connectivity index (χ4v) is 5.14. The lowest BCUT2D eigenvalue weighted by Crippen LogP contribution is -2.28. The third-order valence-corrected chi connectivity index (χ3v) is 6.72. The second-order valence-corrected chi connectivity index (χ2v) is 10.5. The second-order valence-electron chi connectivity index (χ2n) is 8.83. The molecular formula is C23H27ClN4O2S. The maximum atomic E-state index is 10.7. The van der Waals surface area contributed by atoms with E-state index in [-0.39, 0.29) is 6.42 Å². The molecule has 0 saturated heterocycles. The number of ether oxygens (including phenoxy) is 1. The summed E-state index contributed by atoms with van der Waals surface area (Å²) in [6.45, 7) is 11.9. The van der Waals surface area contributed by atoms with Gasteiger partial charge in [0.25, 0.3) is 0 Å². The molecule has 2 aromatic heterocycles. The molecule has 1 N–H and O–H groups in total. The number of aliphatic hydroxyl groups excluding tert-OH is 1. The maximum Gasteiger partial charge on any atom is 0.163 e. The summed E-state index contributed by atoms with van der Waals surface area (Å²) in [7, 11) is 0. The van der Waals surface area contributed by atoms with E-state index in [9.17, 15) is 5.11 Å². The van der Waals surface area contributed by atoms with E-state index < -0.39 is 17.9 Å². The number of benzene rings is 1. The van der Waals surface area contributed by atoms with Crippen molar-refractivity contribution in [3.05, 3.63) is 62.5 Å². The van der Waals surface area contributed by atoms with Crippen molar-refractivity contribution in [3.63, 3.8) is 0 Å². The van der Waals surface area contributed by atoms with E-state index in [1.54, 1.807) is 11.3 Å². The van der Waals surface area contributed by atoms with Crippen LogP contribution in [0.3, 0.4) is 0 Å². The lowest BCUT2D eigenvalue weighted by atomic mass is 9.99. The Morgan fingerprint density at radius 1 is 1.16 bits per heavy atom. The zero-order valence-corrected chi connectivity index (χ0v) is 20.2. The molecule has 4 rings (SSSR count). The third kappa shape index (κ3) is 4.32. The van der Waals surface area contributed by atoms with Gasteiger partial charge in [0.15, 0.2) is 12.1 Å². The number of aryl methyl sites for hydroxylation is 2. The predicted molar refractivity (Wildman–Crippen MR) is 125 cm³/mol. The number of rotatable bonds is 4. The fraction of sp³-hybridized carbons (Fsp3) is 0.435. The molecule has 3 heterocycles. The largest absolute Gasteiger partial charge is 0.368 e. The van der Waals surface area contributed by atoms with Gasteiger partial charge in [0, 0.05) is 27.4 Å². The van der Waals surface area contributed by atoms with E-state index in [0.717, 1.165) is 27.7 Å². The summed E-state index contributed by atoms with van der Waals surface area (Å²) in [4.78, 5) is 6.35. The van der Waals surface area contributed by atoms with Crippen molar-refractivity contribution in [2.45, 2.75) is 65.9 Å². The van der Waals surface area contributed by atoms with Crippen LogP contribution >= 0.6 is 22.9 Å². The minimum Gasteiger partial charge on any atom is -0.368 e. The average Bonchev–Trinajstić information content (AvgIpc) is 3.14. The Kier molecular flexibility index (Phi) is 5.81. The van der Waals surface area contributed by atoms with Crippen LogP contribution in [-0.2, 0) is 4.74 Å². The third-order valence-electron chi connectivity index (χ3n) is 5.27. The van der Waals surface area contributed by atoms with E-state index in [4.69, 9.17) is 21.3 Å². The van der Waals surface area contributed by atoms with Gasteiger partial charge in [0.1, 0.15) is 16.9 Å². The minimum absolute atomic E-state index is 0.277. The monoisotopic (exact) mass is 458 g/mol. The van der Waals surface area contributed by atoms with Gasteiger partial charge < -0.3 is 9.84 Å². The quantitative estimate of drug-likeness (QED) is 0.537. The molecule has 31 heavy (non-hydrogen) atoms. The number of hydrogen-bond acceptors (Lipinski definition) is 6. The summed E-state index contributed by atoms with van der Waals surface area (Å²) in [5.41, 5.74) is 3.62. The minimum atomic E-state index is -0.982. The zero-order chi connectivity index (χ0) is 22.5. The van der Waals surface area contributed by atoms with Crippen LogP contribution in [-0.4, -0.2) is 37.5 Å². The van der Waals surface area contributed by atoms with Gasteiger partial charge in [-0.2, -0.15) is 0 Å². The molecule has 164 valence electrons. The number of aliphatic hydroxyl groups is 1. The van der Waals surface area contributed by atoms with Crippen molar-refractivity contribution in [3.8, 4) is 5.00 Å². The molecule has 6 nitrogen and oxygen atoms in total. The van der Waals surface area contributed by atoms with Crippen molar-refractivity contribution in [2.75, 3.05) is 0 Å². The van der Waals surface area contributed by atoms with Crippen molar-refractivity contribution in [1.82, 2.24) is 14.8 Å². The molecular weight excluding hydrogens is 432 g/mol. The summed E-state index contributed by atoms with van der Waals surface area (Å²) >= 11 is 7.85. The van der Waals surface area contributed by atoms with Gasteiger partial charge in [-0.05, 0) is 59.2 Å². The van der Waals surface area contributed by atoms with Crippen molar-refractivity contribution >= 4 is 28.6 Å². The molecule has 0 saturated carbocycles. The van der Waals surface area contributed by atoms with Crippen LogP contribution < -0.4 is 0 Å². The van der Waals surface area contributed by atoms with Crippen LogP contribution in [0.25, 0.3) is 5.00 Å². The topological polar surface area (TPSA) is 72.5 Å². The highest BCUT2D eigenvalue weighted by Gasteiger charge is 2.33. The van der Waals surface area contributed by atoms with Gasteiger partial charge in [0.05, 0.1) is 11.3 Å². The Morgan fingerprint density at radius 2 is 1.84 bits per heavy atom. The molecule has 0 amide bonds. The number of aliphatic imine (C=N–C) groups is 1. The van der Waals surface area contributed by atoms with Gasteiger partial charge in [-0.25, -0.2) is 0 Å². The molecule has 1 aromatic carbocycles. The SMILES string of the molecule is Cc1sc2c(c1C)C(c1ccc(Cl)cc1)=N[C@@H](CC(O)OC(C)(C)C)c1nnc(C)n1-2. The first kappa shape index (κ1) is 22.1. The summed E-state index contributed by atoms with van der Waals surface area (Å²) in [5.74, 6) is 1.50. The number of halogens is 1. The molecule has 1 aliphatic rings. The first-order valence-corrected chi connectivity index (χ1v) is 11.5. The molecule has 0 aliphatic carbocycles. The standard InChI is InChI=1S/C23H27ClN4O2S/c1-12-13(2)31-22-19(12)20(15-7-9-16(24)10-8-15)25-17(11-18(29)30-23(4,5)6)21-27-26-14(3)28(21)22/h7-10,17-18,29H,11H2,1-6H3/t17-,18?/m0/s1. The van der Waals surface area contributed by atoms with Crippen LogP contribution in [0.2, 0.25) is 5.02 Å². The van der Waals surface area contributed by atoms with Gasteiger partial charge in [-0.3, -0.25) is 9.56 Å². The van der Waals surface area contributed by atoms with Crippen molar-refractivity contribution in [2.24, 2.45) is 4.99 Å².